The van der Waals surface area contributed by atoms with Crippen molar-refractivity contribution in [2.75, 3.05) is 0 Å². The van der Waals surface area contributed by atoms with E-state index < -0.39 is 4.92 Å². The molecule has 0 spiro atoms. The topological polar surface area (TPSA) is 75.7 Å². The summed E-state index contributed by atoms with van der Waals surface area (Å²) in [6.07, 6.45) is 1.43. The molecule has 0 saturated carbocycles. The molecule has 2 aromatic carbocycles. The zero-order chi connectivity index (χ0) is 14.7. The smallest absolute Gasteiger partial charge is 0.311 e. The fraction of sp³-hybridized carbons (Fsp3) is 0.133. The number of rotatable bonds is 3. The van der Waals surface area contributed by atoms with Gasteiger partial charge >= 0.3 is 5.69 Å². The van der Waals surface area contributed by atoms with Gasteiger partial charge in [0.05, 0.1) is 10.6 Å². The highest BCUT2D eigenvalue weighted by atomic mass is 16.6. The summed E-state index contributed by atoms with van der Waals surface area (Å²) in [6, 6.07) is 10.2. The Morgan fingerprint density at radius 1 is 1.25 bits per heavy atom. The van der Waals surface area contributed by atoms with E-state index in [1.807, 2.05) is 32.0 Å². The molecule has 0 fully saturated rings. The maximum absolute atomic E-state index is 10.7. The Bertz CT molecular complexity index is 694. The number of aromatic hydroxyl groups is 1. The third kappa shape index (κ3) is 2.83. The molecule has 2 rings (SSSR count). The predicted octanol–water partition coefficient (Wildman–Crippen LogP) is 3.67. The number of benzene rings is 2. The van der Waals surface area contributed by atoms with Gasteiger partial charge < -0.3 is 5.11 Å². The Morgan fingerprint density at radius 3 is 2.65 bits per heavy atom. The van der Waals surface area contributed by atoms with Gasteiger partial charge in [0.15, 0.2) is 0 Å². The van der Waals surface area contributed by atoms with Crippen LogP contribution in [0.2, 0.25) is 0 Å². The molecule has 0 atom stereocenters. The summed E-state index contributed by atoms with van der Waals surface area (Å²) < 4.78 is 0. The van der Waals surface area contributed by atoms with Crippen molar-refractivity contribution in [1.29, 1.82) is 0 Å². The second-order valence-electron chi connectivity index (χ2n) is 4.52. The molecule has 0 heterocycles. The normalized spacial score (nSPS) is 10.9. The van der Waals surface area contributed by atoms with Gasteiger partial charge in [-0.3, -0.25) is 15.1 Å². The summed E-state index contributed by atoms with van der Waals surface area (Å²) >= 11 is 0. The summed E-state index contributed by atoms with van der Waals surface area (Å²) in [5.74, 6) is -0.369. The summed E-state index contributed by atoms with van der Waals surface area (Å²) in [5, 5.41) is 20.6. The molecule has 5 nitrogen and oxygen atoms in total. The third-order valence-corrected chi connectivity index (χ3v) is 2.94. The van der Waals surface area contributed by atoms with E-state index in [0.29, 0.717) is 5.56 Å². The SMILES string of the molecule is Cc1ccc(N=Cc2cccc([N+](=O)[O-])c2O)c(C)c1. The molecule has 2 aromatic rings. The van der Waals surface area contributed by atoms with Crippen LogP contribution in [-0.4, -0.2) is 16.2 Å². The van der Waals surface area contributed by atoms with E-state index in [0.717, 1.165) is 16.8 Å². The summed E-state index contributed by atoms with van der Waals surface area (Å²) in [5.41, 5.74) is 2.90. The maximum atomic E-state index is 10.7. The number of aryl methyl sites for hydroxylation is 2. The van der Waals surface area contributed by atoms with Crippen LogP contribution in [0.1, 0.15) is 16.7 Å². The lowest BCUT2D eigenvalue weighted by molar-refractivity contribution is -0.385. The molecule has 0 radical (unpaired) electrons. The van der Waals surface area contributed by atoms with Gasteiger partial charge in [0.2, 0.25) is 5.75 Å². The lowest BCUT2D eigenvalue weighted by Gasteiger charge is -2.02. The van der Waals surface area contributed by atoms with Crippen LogP contribution in [-0.2, 0) is 0 Å². The van der Waals surface area contributed by atoms with Crippen LogP contribution in [0, 0.1) is 24.0 Å². The van der Waals surface area contributed by atoms with E-state index in [1.54, 1.807) is 6.07 Å². The van der Waals surface area contributed by atoms with Gasteiger partial charge in [0, 0.05) is 17.8 Å². The van der Waals surface area contributed by atoms with E-state index in [-0.39, 0.29) is 11.4 Å². The Morgan fingerprint density at radius 2 is 2.00 bits per heavy atom. The van der Waals surface area contributed by atoms with Crippen molar-refractivity contribution in [2.24, 2.45) is 4.99 Å². The number of aliphatic imine (C=N–C) groups is 1. The van der Waals surface area contributed by atoms with Gasteiger partial charge in [-0.25, -0.2) is 0 Å². The van der Waals surface area contributed by atoms with Gasteiger partial charge in [-0.2, -0.15) is 0 Å². The van der Waals surface area contributed by atoms with E-state index in [9.17, 15) is 15.2 Å². The Balaban J connectivity index is 2.37. The lowest BCUT2D eigenvalue weighted by Crippen LogP contribution is -1.91. The number of hydrogen-bond acceptors (Lipinski definition) is 4. The van der Waals surface area contributed by atoms with Crippen molar-refractivity contribution >= 4 is 17.6 Å². The number of nitro benzene ring substituents is 1. The van der Waals surface area contributed by atoms with Crippen LogP contribution in [0.4, 0.5) is 11.4 Å². The molecular formula is C15H14N2O3. The van der Waals surface area contributed by atoms with Crippen LogP contribution in [0.15, 0.2) is 41.4 Å². The highest BCUT2D eigenvalue weighted by Gasteiger charge is 2.14. The minimum atomic E-state index is -0.621. The van der Waals surface area contributed by atoms with Crippen molar-refractivity contribution in [2.45, 2.75) is 13.8 Å². The Labute approximate surface area is 116 Å². The number of phenols is 1. The fourth-order valence-corrected chi connectivity index (χ4v) is 1.89. The van der Waals surface area contributed by atoms with Gasteiger partial charge in [-0.05, 0) is 31.5 Å². The summed E-state index contributed by atoms with van der Waals surface area (Å²) in [7, 11) is 0. The minimum Gasteiger partial charge on any atom is -0.502 e. The molecule has 0 bridgehead atoms. The molecule has 0 aliphatic carbocycles. The Kier molecular flexibility index (Phi) is 3.79. The number of nitro groups is 1. The van der Waals surface area contributed by atoms with Crippen LogP contribution in [0.25, 0.3) is 0 Å². The first kappa shape index (κ1) is 13.7. The molecule has 102 valence electrons. The molecule has 0 aliphatic rings. The van der Waals surface area contributed by atoms with E-state index in [4.69, 9.17) is 0 Å². The van der Waals surface area contributed by atoms with Crippen molar-refractivity contribution < 1.29 is 10.0 Å². The standard InChI is InChI=1S/C15H14N2O3/c1-10-6-7-13(11(2)8-10)16-9-12-4-3-5-14(15(12)18)17(19)20/h3-9,18H,1-2H3. The molecule has 0 unspecified atom stereocenters. The average molecular weight is 270 g/mol. The maximum Gasteiger partial charge on any atom is 0.311 e. The molecule has 1 N–H and O–H groups in total. The Hall–Kier alpha value is -2.69. The molecule has 20 heavy (non-hydrogen) atoms. The second-order valence-corrected chi connectivity index (χ2v) is 4.52. The van der Waals surface area contributed by atoms with Crippen LogP contribution >= 0.6 is 0 Å². The first-order valence-corrected chi connectivity index (χ1v) is 6.06. The van der Waals surface area contributed by atoms with E-state index in [2.05, 4.69) is 4.99 Å². The molecule has 0 aromatic heterocycles. The number of nitrogens with zero attached hydrogens (tertiary/aromatic N) is 2. The average Bonchev–Trinajstić information content (AvgIpc) is 2.39. The molecule has 5 heteroatoms. The number of para-hydroxylation sites is 1. The van der Waals surface area contributed by atoms with Gasteiger partial charge in [0.25, 0.3) is 0 Å². The van der Waals surface area contributed by atoms with E-state index in [1.165, 1.54) is 18.3 Å². The third-order valence-electron chi connectivity index (χ3n) is 2.94. The van der Waals surface area contributed by atoms with Gasteiger partial charge in [-0.1, -0.05) is 23.8 Å². The van der Waals surface area contributed by atoms with Crippen LogP contribution in [0.3, 0.4) is 0 Å². The molecule has 0 saturated heterocycles. The number of hydrogen-bond donors (Lipinski definition) is 1. The first-order valence-electron chi connectivity index (χ1n) is 6.06. The molecule has 0 amide bonds. The van der Waals surface area contributed by atoms with E-state index >= 15 is 0 Å². The molecular weight excluding hydrogens is 256 g/mol. The highest BCUT2D eigenvalue weighted by Crippen LogP contribution is 2.28. The quantitative estimate of drug-likeness (QED) is 0.525. The zero-order valence-electron chi connectivity index (χ0n) is 11.2. The predicted molar refractivity (Wildman–Crippen MR) is 77.9 cm³/mol. The number of phenolic OH excluding ortho intramolecular Hbond substituents is 1. The summed E-state index contributed by atoms with van der Waals surface area (Å²) in [4.78, 5) is 14.4. The van der Waals surface area contributed by atoms with Crippen LogP contribution < -0.4 is 0 Å². The summed E-state index contributed by atoms with van der Waals surface area (Å²) in [6.45, 7) is 3.93. The van der Waals surface area contributed by atoms with Crippen molar-refractivity contribution in [3.8, 4) is 5.75 Å². The van der Waals surface area contributed by atoms with Crippen molar-refractivity contribution in [1.82, 2.24) is 0 Å². The minimum absolute atomic E-state index is 0.319. The van der Waals surface area contributed by atoms with Crippen LogP contribution in [0.5, 0.6) is 5.75 Å². The van der Waals surface area contributed by atoms with Gasteiger partial charge in [0.1, 0.15) is 0 Å². The first-order chi connectivity index (χ1) is 9.49. The fourth-order valence-electron chi connectivity index (χ4n) is 1.89. The zero-order valence-corrected chi connectivity index (χ0v) is 11.2. The van der Waals surface area contributed by atoms with Gasteiger partial charge in [-0.15, -0.1) is 0 Å². The lowest BCUT2D eigenvalue weighted by atomic mass is 10.1. The van der Waals surface area contributed by atoms with Crippen molar-refractivity contribution in [3.63, 3.8) is 0 Å². The molecule has 0 aliphatic heterocycles. The second kappa shape index (κ2) is 5.52. The highest BCUT2D eigenvalue weighted by molar-refractivity contribution is 5.87. The van der Waals surface area contributed by atoms with Crippen molar-refractivity contribution in [3.05, 3.63) is 63.2 Å². The monoisotopic (exact) mass is 270 g/mol. The largest absolute Gasteiger partial charge is 0.502 e.